The van der Waals surface area contributed by atoms with Gasteiger partial charge in [0.2, 0.25) is 11.0 Å². The predicted octanol–water partition coefficient (Wildman–Crippen LogP) is 3.73. The lowest BCUT2D eigenvalue weighted by Gasteiger charge is -2.13. The number of amides is 2. The average Bonchev–Trinajstić information content (AvgIpc) is 2.98. The molecule has 24 heavy (non-hydrogen) atoms. The van der Waals surface area contributed by atoms with E-state index in [1.807, 2.05) is 13.8 Å². The van der Waals surface area contributed by atoms with Crippen LogP contribution in [0, 0.1) is 0 Å². The minimum atomic E-state index is -0.779. The highest BCUT2D eigenvalue weighted by atomic mass is 35.5. The molecule has 0 spiro atoms. The topological polar surface area (TPSA) is 84.0 Å². The third-order valence-electron chi connectivity index (χ3n) is 3.10. The largest absolute Gasteiger partial charge is 0.340 e. The summed E-state index contributed by atoms with van der Waals surface area (Å²) < 4.78 is 0. The van der Waals surface area contributed by atoms with Gasteiger partial charge in [-0.15, -0.1) is 10.2 Å². The molecule has 0 saturated heterocycles. The molecule has 1 heterocycles. The zero-order valence-electron chi connectivity index (χ0n) is 13.3. The van der Waals surface area contributed by atoms with Crippen molar-refractivity contribution in [1.29, 1.82) is 0 Å². The van der Waals surface area contributed by atoms with E-state index in [4.69, 9.17) is 23.2 Å². The molecular formula is C15H16Cl2N4O2S. The number of carbonyl (C=O) groups excluding carboxylic acids is 2. The van der Waals surface area contributed by atoms with Crippen molar-refractivity contribution >= 4 is 51.5 Å². The third kappa shape index (κ3) is 4.43. The molecule has 0 saturated carbocycles. The maximum Gasteiger partial charge on any atom is 0.253 e. The van der Waals surface area contributed by atoms with E-state index in [9.17, 15) is 9.59 Å². The van der Waals surface area contributed by atoms with Gasteiger partial charge in [-0.3, -0.25) is 14.9 Å². The molecule has 6 nitrogen and oxygen atoms in total. The van der Waals surface area contributed by atoms with Crippen LogP contribution in [0.4, 0.5) is 5.13 Å². The molecule has 2 rings (SSSR count). The Kier molecular flexibility index (Phi) is 6.15. The van der Waals surface area contributed by atoms with Crippen molar-refractivity contribution in [1.82, 2.24) is 15.5 Å². The van der Waals surface area contributed by atoms with E-state index in [0.717, 1.165) is 5.01 Å². The van der Waals surface area contributed by atoms with Gasteiger partial charge >= 0.3 is 0 Å². The summed E-state index contributed by atoms with van der Waals surface area (Å²) in [6.07, 6.45) is 0. The van der Waals surface area contributed by atoms with Crippen LogP contribution in [0.3, 0.4) is 0 Å². The molecule has 2 amide bonds. The zero-order valence-corrected chi connectivity index (χ0v) is 15.6. The summed E-state index contributed by atoms with van der Waals surface area (Å²) in [6, 6.07) is 3.95. The smallest absolute Gasteiger partial charge is 0.253 e. The average molecular weight is 387 g/mol. The van der Waals surface area contributed by atoms with Crippen LogP contribution >= 0.6 is 34.5 Å². The van der Waals surface area contributed by atoms with Gasteiger partial charge in [0.1, 0.15) is 11.0 Å². The summed E-state index contributed by atoms with van der Waals surface area (Å²) in [5.41, 5.74) is 0.210. The van der Waals surface area contributed by atoms with Crippen LogP contribution in [0.5, 0.6) is 0 Å². The van der Waals surface area contributed by atoms with Crippen LogP contribution in [0.25, 0.3) is 0 Å². The van der Waals surface area contributed by atoms with E-state index >= 15 is 0 Å². The molecule has 1 aromatic carbocycles. The molecule has 0 aliphatic carbocycles. The molecule has 0 fully saturated rings. The SMILES string of the molecule is CC(NC(=O)c1cccc(Cl)c1Cl)C(=O)Nc1nnc(C(C)C)s1. The molecule has 1 atom stereocenters. The van der Waals surface area contributed by atoms with Crippen molar-refractivity contribution < 1.29 is 9.59 Å². The summed E-state index contributed by atoms with van der Waals surface area (Å²) in [7, 11) is 0. The molecule has 0 bridgehead atoms. The number of halogens is 2. The lowest BCUT2D eigenvalue weighted by Crippen LogP contribution is -2.41. The van der Waals surface area contributed by atoms with Crippen LogP contribution in [-0.2, 0) is 4.79 Å². The number of aromatic nitrogens is 2. The Hall–Kier alpha value is -1.70. The molecule has 9 heteroatoms. The molecule has 0 aliphatic rings. The lowest BCUT2D eigenvalue weighted by atomic mass is 10.2. The van der Waals surface area contributed by atoms with E-state index in [0.29, 0.717) is 5.13 Å². The Bertz CT molecular complexity index is 764. The minimum absolute atomic E-state index is 0.148. The van der Waals surface area contributed by atoms with Crippen molar-refractivity contribution in [2.75, 3.05) is 5.32 Å². The lowest BCUT2D eigenvalue weighted by molar-refractivity contribution is -0.117. The summed E-state index contributed by atoms with van der Waals surface area (Å²) in [4.78, 5) is 24.4. The predicted molar refractivity (Wildman–Crippen MR) is 96.0 cm³/mol. The standard InChI is InChI=1S/C15H16Cl2N4O2S/c1-7(2)14-20-21-15(24-14)19-12(22)8(3)18-13(23)9-5-4-6-10(16)11(9)17/h4-8H,1-3H3,(H,18,23)(H,19,21,22). The first-order chi connectivity index (χ1) is 11.3. The van der Waals surface area contributed by atoms with Crippen LogP contribution in [0.15, 0.2) is 18.2 Å². The monoisotopic (exact) mass is 386 g/mol. The molecular weight excluding hydrogens is 371 g/mol. The van der Waals surface area contributed by atoms with Crippen LogP contribution in [0.2, 0.25) is 10.0 Å². The highest BCUT2D eigenvalue weighted by Crippen LogP contribution is 2.25. The number of nitrogens with zero attached hydrogens (tertiary/aromatic N) is 2. The van der Waals surface area contributed by atoms with Crippen molar-refractivity contribution in [2.24, 2.45) is 0 Å². The zero-order chi connectivity index (χ0) is 17.9. The van der Waals surface area contributed by atoms with Crippen molar-refractivity contribution in [3.63, 3.8) is 0 Å². The fraction of sp³-hybridized carbons (Fsp3) is 0.333. The van der Waals surface area contributed by atoms with Gasteiger partial charge in [0.25, 0.3) is 5.91 Å². The van der Waals surface area contributed by atoms with Gasteiger partial charge in [-0.25, -0.2) is 0 Å². The summed E-state index contributed by atoms with van der Waals surface area (Å²) in [6.45, 7) is 5.55. The first kappa shape index (κ1) is 18.6. The third-order valence-corrected chi connectivity index (χ3v) is 5.06. The number of benzene rings is 1. The van der Waals surface area contributed by atoms with Gasteiger partial charge in [-0.05, 0) is 19.1 Å². The van der Waals surface area contributed by atoms with Gasteiger partial charge in [0, 0.05) is 5.92 Å². The van der Waals surface area contributed by atoms with Gasteiger partial charge in [-0.1, -0.05) is 54.5 Å². The number of hydrogen-bond acceptors (Lipinski definition) is 5. The van der Waals surface area contributed by atoms with E-state index < -0.39 is 17.9 Å². The summed E-state index contributed by atoms with van der Waals surface area (Å²) in [5.74, 6) is -0.645. The van der Waals surface area contributed by atoms with E-state index in [1.165, 1.54) is 17.4 Å². The Morgan fingerprint density at radius 3 is 2.50 bits per heavy atom. The van der Waals surface area contributed by atoms with Gasteiger partial charge < -0.3 is 5.32 Å². The first-order valence-corrected chi connectivity index (χ1v) is 8.76. The molecule has 0 aliphatic heterocycles. The quantitative estimate of drug-likeness (QED) is 0.819. The number of hydrogen-bond donors (Lipinski definition) is 2. The van der Waals surface area contributed by atoms with Crippen LogP contribution < -0.4 is 10.6 Å². The maximum atomic E-state index is 12.2. The molecule has 128 valence electrons. The van der Waals surface area contributed by atoms with Gasteiger partial charge in [-0.2, -0.15) is 0 Å². The Balaban J connectivity index is 2.00. The number of rotatable bonds is 5. The van der Waals surface area contributed by atoms with E-state index in [2.05, 4.69) is 20.8 Å². The van der Waals surface area contributed by atoms with Gasteiger partial charge in [0.15, 0.2) is 0 Å². The second-order valence-electron chi connectivity index (χ2n) is 5.39. The Morgan fingerprint density at radius 1 is 1.17 bits per heavy atom. The summed E-state index contributed by atoms with van der Waals surface area (Å²) >= 11 is 13.2. The molecule has 1 unspecified atom stereocenters. The maximum absolute atomic E-state index is 12.2. The number of anilines is 1. The highest BCUT2D eigenvalue weighted by Gasteiger charge is 2.20. The second kappa shape index (κ2) is 7.92. The number of nitrogens with one attached hydrogen (secondary N) is 2. The fourth-order valence-electron chi connectivity index (χ4n) is 1.75. The van der Waals surface area contributed by atoms with Crippen molar-refractivity contribution in [3.8, 4) is 0 Å². The van der Waals surface area contributed by atoms with E-state index in [-0.39, 0.29) is 21.5 Å². The van der Waals surface area contributed by atoms with Crippen LogP contribution in [0.1, 0.15) is 42.1 Å². The first-order valence-electron chi connectivity index (χ1n) is 7.18. The Labute approximate surface area is 153 Å². The van der Waals surface area contributed by atoms with Crippen molar-refractivity contribution in [3.05, 3.63) is 38.8 Å². The second-order valence-corrected chi connectivity index (χ2v) is 7.18. The molecule has 2 aromatic rings. The number of carbonyl (C=O) groups is 2. The fourth-order valence-corrected chi connectivity index (χ4v) is 2.89. The van der Waals surface area contributed by atoms with Crippen molar-refractivity contribution in [2.45, 2.75) is 32.7 Å². The Morgan fingerprint density at radius 2 is 1.88 bits per heavy atom. The van der Waals surface area contributed by atoms with Gasteiger partial charge in [0.05, 0.1) is 15.6 Å². The minimum Gasteiger partial charge on any atom is -0.340 e. The van der Waals surface area contributed by atoms with E-state index in [1.54, 1.807) is 19.1 Å². The highest BCUT2D eigenvalue weighted by molar-refractivity contribution is 7.15. The normalized spacial score (nSPS) is 12.1. The molecule has 1 aromatic heterocycles. The summed E-state index contributed by atoms with van der Waals surface area (Å²) in [5, 5.41) is 14.8. The van der Waals surface area contributed by atoms with Crippen LogP contribution in [-0.4, -0.2) is 28.1 Å². The molecule has 2 N–H and O–H groups in total. The molecule has 0 radical (unpaired) electrons.